The number of hydrogen-bond acceptors (Lipinski definition) is 14. The van der Waals surface area contributed by atoms with Gasteiger partial charge in [-0.3, -0.25) is 9.59 Å². The van der Waals surface area contributed by atoms with Gasteiger partial charge in [-0.2, -0.15) is 36.9 Å². The Morgan fingerprint density at radius 3 is 1.32 bits per heavy atom. The molecule has 0 unspecified atom stereocenters. The summed E-state index contributed by atoms with van der Waals surface area (Å²) in [5, 5.41) is 47.5. The number of thiazole rings is 2. The summed E-state index contributed by atoms with van der Waals surface area (Å²) in [6.07, 6.45) is -7.27. The molecule has 4 aliphatic carbocycles. The highest BCUT2D eigenvalue weighted by Gasteiger charge is 2.48. The van der Waals surface area contributed by atoms with Crippen molar-refractivity contribution < 1.29 is 55.2 Å². The molecule has 76 heavy (non-hydrogen) atoms. The van der Waals surface area contributed by atoms with Crippen molar-refractivity contribution in [2.45, 2.75) is 88.8 Å². The number of aliphatic hydroxyl groups is 2. The minimum atomic E-state index is -4.70. The Morgan fingerprint density at radius 2 is 0.974 bits per heavy atom. The van der Waals surface area contributed by atoms with E-state index in [2.05, 4.69) is 32.4 Å². The highest BCUT2D eigenvalue weighted by molar-refractivity contribution is 7.19. The fourth-order valence-corrected chi connectivity index (χ4v) is 12.1. The van der Waals surface area contributed by atoms with Gasteiger partial charge in [0.05, 0.1) is 44.1 Å². The summed E-state index contributed by atoms with van der Waals surface area (Å²) >= 11 is 2.20. The summed E-state index contributed by atoms with van der Waals surface area (Å²) < 4.78 is 95.4. The van der Waals surface area contributed by atoms with Crippen LogP contribution < -0.4 is 0 Å². The topological polar surface area (TPSA) is 200 Å². The van der Waals surface area contributed by atoms with E-state index in [-0.39, 0.29) is 45.8 Å². The number of alkyl halides is 6. The van der Waals surface area contributed by atoms with E-state index in [4.69, 9.17) is 9.05 Å². The highest BCUT2D eigenvalue weighted by Crippen LogP contribution is 2.52. The second kappa shape index (κ2) is 19.2. The van der Waals surface area contributed by atoms with Crippen LogP contribution in [0.1, 0.15) is 95.5 Å². The lowest BCUT2D eigenvalue weighted by Gasteiger charge is -2.18. The van der Waals surface area contributed by atoms with Crippen LogP contribution in [0.15, 0.2) is 106 Å². The van der Waals surface area contributed by atoms with Crippen molar-refractivity contribution in [3.8, 4) is 77.1 Å². The summed E-state index contributed by atoms with van der Waals surface area (Å²) in [5.74, 6) is -1.61. The molecule has 0 amide bonds. The Labute approximate surface area is 436 Å². The summed E-state index contributed by atoms with van der Waals surface area (Å²) in [6.45, 7) is 0. The molecular formula is C56H40F6N6O6S2. The zero-order chi connectivity index (χ0) is 53.3. The van der Waals surface area contributed by atoms with Gasteiger partial charge in [-0.25, -0.2) is 9.97 Å². The maximum atomic E-state index is 14.2. The van der Waals surface area contributed by atoms with Gasteiger partial charge in [0.1, 0.15) is 34.7 Å². The van der Waals surface area contributed by atoms with Crippen molar-refractivity contribution in [1.82, 2.24) is 20.3 Å². The van der Waals surface area contributed by atoms with Gasteiger partial charge >= 0.3 is 12.4 Å². The Morgan fingerprint density at radius 1 is 0.592 bits per heavy atom. The maximum Gasteiger partial charge on any atom is 0.422 e. The summed E-state index contributed by atoms with van der Waals surface area (Å²) in [4.78, 5) is 35.6. The van der Waals surface area contributed by atoms with E-state index in [1.54, 1.807) is 97.1 Å². The van der Waals surface area contributed by atoms with E-state index >= 15 is 0 Å². The number of benzene rings is 4. The zero-order valence-electron chi connectivity index (χ0n) is 39.8. The number of aliphatic hydroxyl groups excluding tert-OH is 2. The molecule has 0 saturated heterocycles. The first-order valence-electron chi connectivity index (χ1n) is 24.1. The van der Waals surface area contributed by atoms with Crippen LogP contribution in [0.4, 0.5) is 26.3 Å². The molecule has 4 aromatic carbocycles. The molecule has 2 fully saturated rings. The summed E-state index contributed by atoms with van der Waals surface area (Å²) in [6, 6.07) is 30.8. The standard InChI is InChI=1S/2C28H20F3N3O3S/c2*29-28(30,31)21-22(15-4-2-1-3-5-15)34-37-24(21)26-33-19-9-7-16-12-17(6-8-18(16)25(19)38-26)23(36)20(35)13-27(14-32)10-11-27/h2*1-6,8,12,23,36H,7,9-11,13H2/t2*23-/m10/s1. The number of aryl methyl sites for hydroxylation is 4. The van der Waals surface area contributed by atoms with Crippen LogP contribution in [-0.2, 0) is 47.6 Å². The van der Waals surface area contributed by atoms with Crippen LogP contribution in [0.25, 0.3) is 64.9 Å². The molecule has 2 atom stereocenters. The number of fused-ring (bicyclic) bond motifs is 6. The molecule has 2 N–H and O–H groups in total. The van der Waals surface area contributed by atoms with E-state index in [0.717, 1.165) is 54.7 Å². The van der Waals surface area contributed by atoms with Crippen molar-refractivity contribution in [3.63, 3.8) is 0 Å². The number of rotatable bonds is 12. The number of Topliss-reactive ketones (excluding diaryl/α,β-unsaturated/α-hetero) is 2. The molecule has 0 radical (unpaired) electrons. The predicted octanol–water partition coefficient (Wildman–Crippen LogP) is 13.1. The van der Waals surface area contributed by atoms with Crippen molar-refractivity contribution in [3.05, 3.63) is 142 Å². The second-order valence-corrected chi connectivity index (χ2v) is 21.5. The Hall–Kier alpha value is -7.62. The Bertz CT molecular complexity index is 3430. The number of hydrogen-bond donors (Lipinski definition) is 2. The molecule has 384 valence electrons. The Balaban J connectivity index is 0.000000162. The van der Waals surface area contributed by atoms with Gasteiger partial charge in [0, 0.05) is 24.0 Å². The minimum Gasteiger partial charge on any atom is -0.381 e. The lowest BCUT2D eigenvalue weighted by Crippen LogP contribution is -2.17. The predicted molar refractivity (Wildman–Crippen MR) is 266 cm³/mol. The average Bonchev–Trinajstić information content (AvgIpc) is 4.01. The second-order valence-electron chi connectivity index (χ2n) is 19.5. The van der Waals surface area contributed by atoms with E-state index < -0.39 is 58.0 Å². The van der Waals surface area contributed by atoms with Gasteiger partial charge in [0.25, 0.3) is 0 Å². The first kappa shape index (κ1) is 50.5. The maximum absolute atomic E-state index is 14.2. The number of carbonyl (C=O) groups excluding carboxylic acids is 2. The third-order valence-corrected chi connectivity index (χ3v) is 16.5. The number of carbonyl (C=O) groups is 2. The number of halogens is 6. The molecule has 0 aliphatic heterocycles. The largest absolute Gasteiger partial charge is 0.422 e. The van der Waals surface area contributed by atoms with Crippen LogP contribution >= 0.6 is 22.7 Å². The third-order valence-electron chi connectivity index (χ3n) is 14.3. The first-order chi connectivity index (χ1) is 36.4. The number of aromatic nitrogens is 4. The SMILES string of the molecule is N#CC1(CC(=O)[C@@H](O)c2ccc3c(c2)CCc2nc(-c4onc(-c5ccccc5)c4C(F)(F)F)sc2-3)CC1.N#CC1(CC(=O)[C@H](O)c2ccc3c(c2)CCc2nc(-c4onc(-c5ccccc5)c4C(F)(F)F)sc2-3)CC1. The van der Waals surface area contributed by atoms with Crippen molar-refractivity contribution in [1.29, 1.82) is 10.5 Å². The van der Waals surface area contributed by atoms with Crippen molar-refractivity contribution in [2.75, 3.05) is 0 Å². The summed E-state index contributed by atoms with van der Waals surface area (Å²) in [5.41, 5.74) is 2.37. The number of ketones is 2. The van der Waals surface area contributed by atoms with Crippen molar-refractivity contribution in [2.24, 2.45) is 10.8 Å². The molecule has 0 bridgehead atoms. The van der Waals surface area contributed by atoms with E-state index in [1.165, 1.54) is 0 Å². The number of nitrogens with zero attached hydrogens (tertiary/aromatic N) is 6. The highest BCUT2D eigenvalue weighted by atomic mass is 32.1. The zero-order valence-corrected chi connectivity index (χ0v) is 41.4. The molecule has 12 rings (SSSR count). The molecule has 4 heterocycles. The fraction of sp³-hybridized carbons (Fsp3) is 0.286. The lowest BCUT2D eigenvalue weighted by atomic mass is 9.89. The molecule has 4 aliphatic rings. The normalized spacial score (nSPS) is 16.3. The quantitative estimate of drug-likeness (QED) is 0.110. The molecule has 20 heteroatoms. The molecule has 0 spiro atoms. The molecule has 4 aromatic heterocycles. The van der Waals surface area contributed by atoms with Crippen LogP contribution in [0.2, 0.25) is 0 Å². The lowest BCUT2D eigenvalue weighted by molar-refractivity contribution is -0.137. The smallest absolute Gasteiger partial charge is 0.381 e. The van der Waals surface area contributed by atoms with Crippen LogP contribution in [-0.4, -0.2) is 42.1 Å². The van der Waals surface area contributed by atoms with E-state index in [1.807, 2.05) is 0 Å². The average molecular weight is 1070 g/mol. The van der Waals surface area contributed by atoms with Crippen LogP contribution in [0.5, 0.6) is 0 Å². The molecule has 2 saturated carbocycles. The fourth-order valence-electron chi connectivity index (χ4n) is 9.76. The van der Waals surface area contributed by atoms with E-state index in [0.29, 0.717) is 85.0 Å². The third kappa shape index (κ3) is 9.55. The van der Waals surface area contributed by atoms with Gasteiger partial charge in [0.15, 0.2) is 21.6 Å². The first-order valence-corrected chi connectivity index (χ1v) is 25.8. The summed E-state index contributed by atoms with van der Waals surface area (Å²) in [7, 11) is 0. The van der Waals surface area contributed by atoms with Gasteiger partial charge in [-0.15, -0.1) is 22.7 Å². The van der Waals surface area contributed by atoms with E-state index in [9.17, 15) is 56.7 Å². The van der Waals surface area contributed by atoms with Gasteiger partial charge < -0.3 is 19.3 Å². The minimum absolute atomic E-state index is 0.0216. The Kier molecular flexibility index (Phi) is 12.8. The van der Waals surface area contributed by atoms with Crippen LogP contribution in [0, 0.1) is 33.5 Å². The van der Waals surface area contributed by atoms with Gasteiger partial charge in [-0.05, 0) is 84.7 Å². The van der Waals surface area contributed by atoms with Gasteiger partial charge in [0.2, 0.25) is 11.5 Å². The van der Waals surface area contributed by atoms with Crippen molar-refractivity contribution >= 4 is 34.2 Å². The van der Waals surface area contributed by atoms with Crippen LogP contribution in [0.3, 0.4) is 0 Å². The molecule has 8 aromatic rings. The van der Waals surface area contributed by atoms with Gasteiger partial charge in [-0.1, -0.05) is 107 Å². The molecule has 12 nitrogen and oxygen atoms in total. The monoisotopic (exact) mass is 1070 g/mol. The number of nitriles is 2. The molecular weight excluding hydrogens is 1030 g/mol.